The van der Waals surface area contributed by atoms with E-state index < -0.39 is 21.2 Å². The van der Waals surface area contributed by atoms with Crippen LogP contribution in [0, 0.1) is 0 Å². The Balaban J connectivity index is 4.07. The number of hydrogen-bond acceptors (Lipinski definition) is 5. The molecule has 0 saturated carbocycles. The lowest BCUT2D eigenvalue weighted by Crippen LogP contribution is -2.20. The van der Waals surface area contributed by atoms with Gasteiger partial charge in [-0.05, 0) is 20.3 Å². The van der Waals surface area contributed by atoms with Crippen LogP contribution >= 0.6 is 15.6 Å². The molecule has 0 spiro atoms. The summed E-state index contributed by atoms with van der Waals surface area (Å²) in [5.41, 5.74) is -1.11. The van der Waals surface area contributed by atoms with Gasteiger partial charge >= 0.3 is 15.6 Å². The molecule has 0 amide bonds. The van der Waals surface area contributed by atoms with Crippen LogP contribution in [0.2, 0.25) is 0 Å². The molecule has 8 nitrogen and oxygen atoms in total. The van der Waals surface area contributed by atoms with Crippen molar-refractivity contribution in [2.45, 2.75) is 25.9 Å². The van der Waals surface area contributed by atoms with E-state index in [2.05, 4.69) is 8.83 Å². The van der Waals surface area contributed by atoms with Crippen LogP contribution in [0.1, 0.15) is 20.3 Å². The lowest BCUT2D eigenvalue weighted by atomic mass is 10.1. The molecule has 1 unspecified atom stereocenters. The normalized spacial score (nSPS) is 17.5. The van der Waals surface area contributed by atoms with Gasteiger partial charge in [0.15, 0.2) is 0 Å². The van der Waals surface area contributed by atoms with Crippen LogP contribution in [0.5, 0.6) is 0 Å². The molecule has 0 aromatic rings. The van der Waals surface area contributed by atoms with E-state index in [4.69, 9.17) is 14.7 Å². The van der Waals surface area contributed by atoms with Gasteiger partial charge < -0.3 is 19.8 Å². The van der Waals surface area contributed by atoms with Crippen LogP contribution in [0.3, 0.4) is 0 Å². The lowest BCUT2D eigenvalue weighted by molar-refractivity contribution is 0.0500. The molecule has 0 bridgehead atoms. The maximum absolute atomic E-state index is 10.9. The highest BCUT2D eigenvalue weighted by atomic mass is 31.3. The van der Waals surface area contributed by atoms with Gasteiger partial charge in [0.1, 0.15) is 0 Å². The SMILES string of the molecule is CC(C)(O)CCOP(=O)(O)OP(=O)(O)O. The third-order valence-electron chi connectivity index (χ3n) is 1.18. The average Bonchev–Trinajstić information content (AvgIpc) is 1.75. The quantitative estimate of drug-likeness (QED) is 0.505. The molecular formula is C5H14O8P2. The summed E-state index contributed by atoms with van der Waals surface area (Å²) in [5.74, 6) is 0. The van der Waals surface area contributed by atoms with Gasteiger partial charge in [-0.3, -0.25) is 4.52 Å². The first-order chi connectivity index (χ1) is 6.41. The Kier molecular flexibility index (Phi) is 5.11. The first-order valence-electron chi connectivity index (χ1n) is 3.88. The van der Waals surface area contributed by atoms with Gasteiger partial charge in [0.2, 0.25) is 0 Å². The largest absolute Gasteiger partial charge is 0.481 e. The van der Waals surface area contributed by atoms with E-state index in [0.717, 1.165) is 0 Å². The molecule has 1 atom stereocenters. The molecule has 0 aliphatic rings. The Bertz CT molecular complexity index is 288. The summed E-state index contributed by atoms with van der Waals surface area (Å²) in [6.45, 7) is 2.53. The second-order valence-electron chi connectivity index (χ2n) is 3.44. The van der Waals surface area contributed by atoms with Crippen molar-refractivity contribution in [2.75, 3.05) is 6.61 Å². The fourth-order valence-electron chi connectivity index (χ4n) is 0.569. The summed E-state index contributed by atoms with van der Waals surface area (Å²) < 4.78 is 28.8. The summed E-state index contributed by atoms with van der Waals surface area (Å²) in [6, 6.07) is 0. The zero-order chi connectivity index (χ0) is 12.3. The predicted octanol–water partition coefficient (Wildman–Crippen LogP) is 0.374. The van der Waals surface area contributed by atoms with Gasteiger partial charge in [0.25, 0.3) is 0 Å². The second kappa shape index (κ2) is 5.03. The third kappa shape index (κ3) is 10.5. The second-order valence-corrected chi connectivity index (χ2v) is 6.27. The standard InChI is InChI=1S/C5H14O8P2/c1-5(2,6)3-4-12-15(10,11)13-14(7,8)9/h6H,3-4H2,1-2H3,(H,10,11)(H2,7,8,9). The third-order valence-corrected chi connectivity index (χ3v) is 3.36. The van der Waals surface area contributed by atoms with E-state index in [1.54, 1.807) is 0 Å². The average molecular weight is 264 g/mol. The van der Waals surface area contributed by atoms with Gasteiger partial charge in [-0.25, -0.2) is 9.13 Å². The number of hydrogen-bond donors (Lipinski definition) is 4. The zero-order valence-corrected chi connectivity index (χ0v) is 10.0. The molecule has 10 heteroatoms. The minimum absolute atomic E-state index is 0.0159. The molecule has 0 fully saturated rings. The van der Waals surface area contributed by atoms with Crippen molar-refractivity contribution in [2.24, 2.45) is 0 Å². The first kappa shape index (κ1) is 15.2. The molecule has 0 saturated heterocycles. The molecule has 0 radical (unpaired) electrons. The smallest absolute Gasteiger partial charge is 0.390 e. The Morgan fingerprint density at radius 3 is 2.00 bits per heavy atom. The minimum Gasteiger partial charge on any atom is -0.390 e. The van der Waals surface area contributed by atoms with Crippen molar-refractivity contribution in [3.63, 3.8) is 0 Å². The summed E-state index contributed by atoms with van der Waals surface area (Å²) in [7, 11) is -9.84. The maximum Gasteiger partial charge on any atom is 0.481 e. The molecule has 15 heavy (non-hydrogen) atoms. The summed E-state index contributed by atoms with van der Waals surface area (Å²) in [5, 5.41) is 9.20. The molecule has 92 valence electrons. The summed E-state index contributed by atoms with van der Waals surface area (Å²) >= 11 is 0. The topological polar surface area (TPSA) is 134 Å². The Labute approximate surface area is 86.7 Å². The predicted molar refractivity (Wildman–Crippen MR) is 49.8 cm³/mol. The van der Waals surface area contributed by atoms with E-state index in [1.807, 2.05) is 0 Å². The van der Waals surface area contributed by atoms with Crippen LogP contribution in [0.25, 0.3) is 0 Å². The molecule has 0 heterocycles. The van der Waals surface area contributed by atoms with Crippen LogP contribution < -0.4 is 0 Å². The minimum atomic E-state index is -5.07. The number of aliphatic hydroxyl groups is 1. The highest BCUT2D eigenvalue weighted by Gasteiger charge is 2.32. The highest BCUT2D eigenvalue weighted by Crippen LogP contribution is 2.57. The van der Waals surface area contributed by atoms with Crippen molar-refractivity contribution in [3.8, 4) is 0 Å². The molecule has 0 aliphatic carbocycles. The first-order valence-corrected chi connectivity index (χ1v) is 6.90. The van der Waals surface area contributed by atoms with Crippen molar-refractivity contribution < 1.29 is 37.8 Å². The molecular weight excluding hydrogens is 250 g/mol. The fourth-order valence-corrected chi connectivity index (χ4v) is 2.15. The van der Waals surface area contributed by atoms with E-state index in [-0.39, 0.29) is 13.0 Å². The van der Waals surface area contributed by atoms with Gasteiger partial charge in [-0.15, -0.1) is 0 Å². The maximum atomic E-state index is 10.9. The van der Waals surface area contributed by atoms with Gasteiger partial charge in [-0.2, -0.15) is 4.31 Å². The van der Waals surface area contributed by atoms with Crippen molar-refractivity contribution in [1.29, 1.82) is 0 Å². The zero-order valence-electron chi connectivity index (χ0n) is 8.23. The van der Waals surface area contributed by atoms with Gasteiger partial charge in [0, 0.05) is 0 Å². The summed E-state index contributed by atoms with van der Waals surface area (Å²) in [6.07, 6.45) is 0.0159. The van der Waals surface area contributed by atoms with Crippen molar-refractivity contribution >= 4 is 15.6 Å². The molecule has 0 aromatic carbocycles. The highest BCUT2D eigenvalue weighted by molar-refractivity contribution is 7.60. The number of rotatable bonds is 6. The van der Waals surface area contributed by atoms with Crippen LogP contribution in [-0.2, 0) is 18.0 Å². The Hall–Kier alpha value is 0.220. The van der Waals surface area contributed by atoms with E-state index >= 15 is 0 Å². The van der Waals surface area contributed by atoms with E-state index in [1.165, 1.54) is 13.8 Å². The van der Waals surface area contributed by atoms with E-state index in [9.17, 15) is 14.2 Å². The molecule has 4 N–H and O–H groups in total. The van der Waals surface area contributed by atoms with Crippen molar-refractivity contribution in [3.05, 3.63) is 0 Å². The van der Waals surface area contributed by atoms with Crippen LogP contribution in [0.15, 0.2) is 0 Å². The molecule has 0 aromatic heterocycles. The number of phosphoric acid groups is 2. The molecule has 0 rings (SSSR count). The van der Waals surface area contributed by atoms with Gasteiger partial charge in [0.05, 0.1) is 12.2 Å². The van der Waals surface area contributed by atoms with Crippen LogP contribution in [0.4, 0.5) is 0 Å². The monoisotopic (exact) mass is 264 g/mol. The van der Waals surface area contributed by atoms with E-state index in [0.29, 0.717) is 0 Å². The Morgan fingerprint density at radius 1 is 1.20 bits per heavy atom. The van der Waals surface area contributed by atoms with Crippen molar-refractivity contribution in [1.82, 2.24) is 0 Å². The number of phosphoric ester groups is 1. The lowest BCUT2D eigenvalue weighted by Gasteiger charge is -2.18. The fraction of sp³-hybridized carbons (Fsp3) is 1.00. The summed E-state index contributed by atoms with van der Waals surface area (Å²) in [4.78, 5) is 25.3. The Morgan fingerprint density at radius 2 is 1.67 bits per heavy atom. The van der Waals surface area contributed by atoms with Gasteiger partial charge in [-0.1, -0.05) is 0 Å². The molecule has 0 aliphatic heterocycles. The van der Waals surface area contributed by atoms with Crippen LogP contribution in [-0.4, -0.2) is 32.0 Å².